The van der Waals surface area contributed by atoms with Gasteiger partial charge in [-0.25, -0.2) is 8.78 Å². The average Bonchev–Trinajstić information content (AvgIpc) is 2.19. The lowest BCUT2D eigenvalue weighted by Crippen LogP contribution is -2.13. The van der Waals surface area contributed by atoms with Crippen molar-refractivity contribution in [3.63, 3.8) is 0 Å². The lowest BCUT2D eigenvalue weighted by molar-refractivity contribution is -0.138. The lowest BCUT2D eigenvalue weighted by atomic mass is 9.95. The van der Waals surface area contributed by atoms with Gasteiger partial charge in [0.05, 0.1) is 5.92 Å². The Morgan fingerprint density at radius 3 is 2.73 bits per heavy atom. The average molecular weight is 212 g/mol. The van der Waals surface area contributed by atoms with Crippen LogP contribution < -0.4 is 0 Å². The van der Waals surface area contributed by atoms with Gasteiger partial charge < -0.3 is 5.11 Å². The fourth-order valence-corrected chi connectivity index (χ4v) is 1.32. The molecule has 0 aliphatic heterocycles. The molecule has 0 amide bonds. The Labute approximate surface area is 85.9 Å². The summed E-state index contributed by atoms with van der Waals surface area (Å²) in [7, 11) is 0. The number of benzene rings is 1. The molecule has 1 aromatic rings. The zero-order chi connectivity index (χ0) is 11.4. The van der Waals surface area contributed by atoms with Gasteiger partial charge in [-0.05, 0) is 12.5 Å². The first-order chi connectivity index (χ1) is 7.07. The van der Waals surface area contributed by atoms with E-state index in [0.29, 0.717) is 0 Å². The van der Waals surface area contributed by atoms with Crippen LogP contribution >= 0.6 is 0 Å². The summed E-state index contributed by atoms with van der Waals surface area (Å²) < 4.78 is 26.1. The number of carboxylic acids is 1. The van der Waals surface area contributed by atoms with Crippen molar-refractivity contribution >= 4 is 5.97 Å². The molecule has 0 saturated carbocycles. The van der Waals surface area contributed by atoms with Crippen molar-refractivity contribution in [3.05, 3.63) is 48.1 Å². The molecule has 0 aliphatic rings. The highest BCUT2D eigenvalue weighted by molar-refractivity contribution is 5.76. The van der Waals surface area contributed by atoms with Gasteiger partial charge in [0.25, 0.3) is 0 Å². The van der Waals surface area contributed by atoms with Gasteiger partial charge in [-0.1, -0.05) is 18.2 Å². The molecule has 0 aliphatic carbocycles. The molecule has 1 rings (SSSR count). The highest BCUT2D eigenvalue weighted by Gasteiger charge is 2.23. The van der Waals surface area contributed by atoms with Crippen LogP contribution in [0.5, 0.6) is 0 Å². The first kappa shape index (κ1) is 11.4. The van der Waals surface area contributed by atoms with Crippen LogP contribution in [0.15, 0.2) is 30.9 Å². The number of carbonyl (C=O) groups is 1. The zero-order valence-corrected chi connectivity index (χ0v) is 7.91. The Morgan fingerprint density at radius 1 is 1.53 bits per heavy atom. The molecule has 2 nitrogen and oxygen atoms in total. The van der Waals surface area contributed by atoms with Gasteiger partial charge in [0.1, 0.15) is 0 Å². The van der Waals surface area contributed by atoms with E-state index in [-0.39, 0.29) is 12.0 Å². The first-order valence-electron chi connectivity index (χ1n) is 4.35. The van der Waals surface area contributed by atoms with Crippen LogP contribution in [0.1, 0.15) is 17.9 Å². The van der Waals surface area contributed by atoms with Crippen LogP contribution in [0.25, 0.3) is 0 Å². The summed E-state index contributed by atoms with van der Waals surface area (Å²) in [6, 6.07) is 3.50. The summed E-state index contributed by atoms with van der Waals surface area (Å²) in [4.78, 5) is 10.8. The summed E-state index contributed by atoms with van der Waals surface area (Å²) in [6.07, 6.45) is 1.43. The van der Waals surface area contributed by atoms with Crippen LogP contribution in [0.2, 0.25) is 0 Å². The third-order valence-electron chi connectivity index (χ3n) is 2.06. The van der Waals surface area contributed by atoms with E-state index in [0.717, 1.165) is 6.07 Å². The molecule has 0 heterocycles. The van der Waals surface area contributed by atoms with Crippen molar-refractivity contribution in [3.8, 4) is 0 Å². The Kier molecular flexibility index (Phi) is 3.55. The smallest absolute Gasteiger partial charge is 0.311 e. The second-order valence-corrected chi connectivity index (χ2v) is 3.06. The van der Waals surface area contributed by atoms with Crippen molar-refractivity contribution in [2.75, 3.05) is 0 Å². The normalized spacial score (nSPS) is 12.1. The Hall–Kier alpha value is -1.71. The van der Waals surface area contributed by atoms with E-state index in [1.165, 1.54) is 18.2 Å². The summed E-state index contributed by atoms with van der Waals surface area (Å²) in [6.45, 7) is 3.38. The Balaban J connectivity index is 3.16. The number of hydrogen-bond acceptors (Lipinski definition) is 1. The Bertz CT molecular complexity index is 388. The van der Waals surface area contributed by atoms with Crippen LogP contribution in [0.3, 0.4) is 0 Å². The van der Waals surface area contributed by atoms with Crippen LogP contribution in [0.4, 0.5) is 8.78 Å². The zero-order valence-electron chi connectivity index (χ0n) is 7.91. The molecule has 0 saturated heterocycles. The van der Waals surface area contributed by atoms with Crippen molar-refractivity contribution in [2.45, 2.75) is 12.3 Å². The number of hydrogen-bond donors (Lipinski definition) is 1. The minimum atomic E-state index is -1.20. The van der Waals surface area contributed by atoms with E-state index in [9.17, 15) is 13.6 Å². The van der Waals surface area contributed by atoms with Gasteiger partial charge in [-0.2, -0.15) is 0 Å². The topological polar surface area (TPSA) is 37.3 Å². The van der Waals surface area contributed by atoms with E-state index >= 15 is 0 Å². The number of halogens is 2. The van der Waals surface area contributed by atoms with E-state index in [4.69, 9.17) is 5.11 Å². The third-order valence-corrected chi connectivity index (χ3v) is 2.06. The molecule has 1 N–H and O–H groups in total. The van der Waals surface area contributed by atoms with Gasteiger partial charge in [0.2, 0.25) is 0 Å². The molecule has 15 heavy (non-hydrogen) atoms. The van der Waals surface area contributed by atoms with Crippen LogP contribution in [-0.4, -0.2) is 11.1 Å². The standard InChI is InChI=1S/C11H10F2O2/c1-2-4-8(11(14)15)7-5-3-6-9(12)10(7)13/h2-3,5-6,8H,1,4H2,(H,14,15). The second-order valence-electron chi connectivity index (χ2n) is 3.06. The molecule has 0 fully saturated rings. The Morgan fingerprint density at radius 2 is 2.20 bits per heavy atom. The molecule has 4 heteroatoms. The number of rotatable bonds is 4. The first-order valence-corrected chi connectivity index (χ1v) is 4.35. The molecular formula is C11H10F2O2. The van der Waals surface area contributed by atoms with Crippen molar-refractivity contribution in [1.82, 2.24) is 0 Å². The minimum absolute atomic E-state index is 0.0652. The van der Waals surface area contributed by atoms with Gasteiger partial charge in [-0.3, -0.25) is 4.79 Å². The van der Waals surface area contributed by atoms with Crippen LogP contribution in [0, 0.1) is 11.6 Å². The predicted molar refractivity (Wildman–Crippen MR) is 51.5 cm³/mol. The molecule has 0 aromatic heterocycles. The van der Waals surface area contributed by atoms with E-state index in [2.05, 4.69) is 6.58 Å². The molecule has 1 aromatic carbocycles. The fourth-order valence-electron chi connectivity index (χ4n) is 1.32. The van der Waals surface area contributed by atoms with Crippen molar-refractivity contribution in [2.24, 2.45) is 0 Å². The largest absolute Gasteiger partial charge is 0.481 e. The maximum Gasteiger partial charge on any atom is 0.311 e. The molecule has 1 unspecified atom stereocenters. The highest BCUT2D eigenvalue weighted by Crippen LogP contribution is 2.24. The third kappa shape index (κ3) is 2.40. The molecule has 0 radical (unpaired) electrons. The predicted octanol–water partition coefficient (Wildman–Crippen LogP) is 2.71. The summed E-state index contributed by atoms with van der Waals surface area (Å²) in [5, 5.41) is 8.84. The van der Waals surface area contributed by atoms with Crippen LogP contribution in [-0.2, 0) is 4.79 Å². The summed E-state index contributed by atoms with van der Waals surface area (Å²) in [5.41, 5.74) is -0.151. The quantitative estimate of drug-likeness (QED) is 0.779. The van der Waals surface area contributed by atoms with Gasteiger partial charge in [0, 0.05) is 5.56 Å². The number of aliphatic carboxylic acids is 1. The van der Waals surface area contributed by atoms with E-state index in [1.54, 1.807) is 0 Å². The van der Waals surface area contributed by atoms with Gasteiger partial charge in [-0.15, -0.1) is 6.58 Å². The molecular weight excluding hydrogens is 202 g/mol. The molecule has 1 atom stereocenters. The summed E-state index contributed by atoms with van der Waals surface area (Å²) >= 11 is 0. The van der Waals surface area contributed by atoms with E-state index in [1.807, 2.05) is 0 Å². The summed E-state index contributed by atoms with van der Waals surface area (Å²) in [5.74, 6) is -4.42. The molecule has 80 valence electrons. The fraction of sp³-hybridized carbons (Fsp3) is 0.182. The lowest BCUT2D eigenvalue weighted by Gasteiger charge is -2.11. The van der Waals surface area contributed by atoms with Crippen molar-refractivity contribution in [1.29, 1.82) is 0 Å². The maximum absolute atomic E-state index is 13.3. The van der Waals surface area contributed by atoms with Crippen molar-refractivity contribution < 1.29 is 18.7 Å². The maximum atomic E-state index is 13.3. The SMILES string of the molecule is C=CCC(C(=O)O)c1cccc(F)c1F. The minimum Gasteiger partial charge on any atom is -0.481 e. The number of allylic oxidation sites excluding steroid dienone is 1. The van der Waals surface area contributed by atoms with E-state index < -0.39 is 23.5 Å². The van der Waals surface area contributed by atoms with Gasteiger partial charge >= 0.3 is 5.97 Å². The van der Waals surface area contributed by atoms with Gasteiger partial charge in [0.15, 0.2) is 11.6 Å². The highest BCUT2D eigenvalue weighted by atomic mass is 19.2. The monoisotopic (exact) mass is 212 g/mol. The second kappa shape index (κ2) is 4.68. The molecule has 0 bridgehead atoms. The molecule has 0 spiro atoms. The number of carboxylic acid groups (broad SMARTS) is 1.